The molecule has 0 aromatic heterocycles. The third kappa shape index (κ3) is 4.37. The zero-order valence-corrected chi connectivity index (χ0v) is 17.6. The summed E-state index contributed by atoms with van der Waals surface area (Å²) >= 11 is 0. The predicted octanol–water partition coefficient (Wildman–Crippen LogP) is 3.57. The van der Waals surface area contributed by atoms with E-state index in [2.05, 4.69) is 17.6 Å². The van der Waals surface area contributed by atoms with Gasteiger partial charge >= 0.3 is 6.03 Å². The van der Waals surface area contributed by atoms with Crippen molar-refractivity contribution in [3.8, 4) is 0 Å². The normalized spacial score (nSPS) is 16.3. The van der Waals surface area contributed by atoms with Crippen LogP contribution in [-0.2, 0) is 15.1 Å². The molecule has 2 aromatic carbocycles. The second-order valence-corrected chi connectivity index (χ2v) is 7.77. The van der Waals surface area contributed by atoms with Crippen LogP contribution in [-0.4, -0.2) is 35.3 Å². The van der Waals surface area contributed by atoms with Gasteiger partial charge < -0.3 is 10.6 Å². The van der Waals surface area contributed by atoms with Gasteiger partial charge in [-0.2, -0.15) is 0 Å². The van der Waals surface area contributed by atoms with Gasteiger partial charge in [0.05, 0.1) is 0 Å². The van der Waals surface area contributed by atoms with Crippen molar-refractivity contribution in [2.75, 3.05) is 6.54 Å². The molecule has 0 unspecified atom stereocenters. The van der Waals surface area contributed by atoms with Crippen molar-refractivity contribution in [3.63, 3.8) is 0 Å². The molecule has 158 valence electrons. The SMILES string of the molecule is CCCCC[C@@H](C)NC(=O)CN1C(=O)NC(c2ccccc2)(c2ccccc2)C1=O. The van der Waals surface area contributed by atoms with Gasteiger partial charge in [0.25, 0.3) is 5.91 Å². The topological polar surface area (TPSA) is 78.5 Å². The summed E-state index contributed by atoms with van der Waals surface area (Å²) in [5.74, 6) is -0.780. The van der Waals surface area contributed by atoms with Gasteiger partial charge in [-0.15, -0.1) is 0 Å². The van der Waals surface area contributed by atoms with Crippen LogP contribution in [0.1, 0.15) is 50.7 Å². The van der Waals surface area contributed by atoms with Crippen LogP contribution in [0.4, 0.5) is 4.79 Å². The lowest BCUT2D eigenvalue weighted by molar-refractivity contribution is -0.134. The second-order valence-electron chi connectivity index (χ2n) is 7.77. The molecule has 2 aromatic rings. The van der Waals surface area contributed by atoms with Gasteiger partial charge in [-0.3, -0.25) is 14.5 Å². The van der Waals surface area contributed by atoms with Crippen LogP contribution in [0.3, 0.4) is 0 Å². The van der Waals surface area contributed by atoms with Gasteiger partial charge in [-0.25, -0.2) is 4.79 Å². The van der Waals surface area contributed by atoms with Gasteiger partial charge in [0.15, 0.2) is 5.54 Å². The first-order valence-corrected chi connectivity index (χ1v) is 10.5. The number of unbranched alkanes of at least 4 members (excludes halogenated alkanes) is 2. The van der Waals surface area contributed by atoms with Crippen molar-refractivity contribution < 1.29 is 14.4 Å². The summed E-state index contributed by atoms with van der Waals surface area (Å²) in [6, 6.07) is 17.7. The number of amides is 4. The van der Waals surface area contributed by atoms with E-state index in [9.17, 15) is 14.4 Å². The number of nitrogens with zero attached hydrogens (tertiary/aromatic N) is 1. The van der Waals surface area contributed by atoms with Gasteiger partial charge in [0.2, 0.25) is 5.91 Å². The lowest BCUT2D eigenvalue weighted by Crippen LogP contribution is -2.46. The zero-order valence-electron chi connectivity index (χ0n) is 17.6. The van der Waals surface area contributed by atoms with Crippen molar-refractivity contribution in [3.05, 3.63) is 71.8 Å². The maximum Gasteiger partial charge on any atom is 0.326 e. The summed E-state index contributed by atoms with van der Waals surface area (Å²) in [6.07, 6.45) is 4.14. The monoisotopic (exact) mass is 407 g/mol. The number of urea groups is 1. The summed E-state index contributed by atoms with van der Waals surface area (Å²) in [5.41, 5.74) is -0.0251. The first-order chi connectivity index (χ1) is 14.5. The molecule has 6 nitrogen and oxygen atoms in total. The van der Waals surface area contributed by atoms with Crippen molar-refractivity contribution in [1.82, 2.24) is 15.5 Å². The Morgan fingerprint density at radius 1 is 1.00 bits per heavy atom. The van der Waals surface area contributed by atoms with Crippen LogP contribution in [0.5, 0.6) is 0 Å². The fourth-order valence-electron chi connectivity index (χ4n) is 3.89. The van der Waals surface area contributed by atoms with Gasteiger partial charge in [0.1, 0.15) is 6.54 Å². The molecule has 2 N–H and O–H groups in total. The molecule has 1 aliphatic rings. The summed E-state index contributed by atoms with van der Waals surface area (Å²) in [7, 11) is 0. The average Bonchev–Trinajstić information content (AvgIpc) is 3.01. The Morgan fingerprint density at radius 3 is 2.10 bits per heavy atom. The first-order valence-electron chi connectivity index (χ1n) is 10.5. The Morgan fingerprint density at radius 2 is 1.57 bits per heavy atom. The number of nitrogens with one attached hydrogen (secondary N) is 2. The largest absolute Gasteiger partial charge is 0.352 e. The number of benzene rings is 2. The van der Waals surface area contributed by atoms with Crippen LogP contribution in [0.2, 0.25) is 0 Å². The lowest BCUT2D eigenvalue weighted by atomic mass is 9.82. The van der Waals surface area contributed by atoms with Crippen LogP contribution >= 0.6 is 0 Å². The Hall–Kier alpha value is -3.15. The molecule has 1 heterocycles. The molecule has 0 radical (unpaired) electrons. The van der Waals surface area contributed by atoms with Gasteiger partial charge in [-0.05, 0) is 24.5 Å². The quantitative estimate of drug-likeness (QED) is 0.493. The maximum absolute atomic E-state index is 13.5. The van der Waals surface area contributed by atoms with E-state index in [0.29, 0.717) is 11.1 Å². The number of hydrogen-bond donors (Lipinski definition) is 2. The molecular weight excluding hydrogens is 378 g/mol. The molecule has 1 saturated heterocycles. The number of rotatable bonds is 9. The number of carbonyl (C=O) groups excluding carboxylic acids is 3. The standard InChI is InChI=1S/C24H29N3O3/c1-3-4-7-12-18(2)25-21(28)17-27-22(29)24(26-23(27)30,19-13-8-5-9-14-19)20-15-10-6-11-16-20/h5-6,8-11,13-16,18H,3-4,7,12,17H2,1-2H3,(H,25,28)(H,26,30)/t18-/m1/s1. The number of imide groups is 1. The van der Waals surface area contributed by atoms with Crippen molar-refractivity contribution in [1.29, 1.82) is 0 Å². The third-order valence-corrected chi connectivity index (χ3v) is 5.47. The van der Waals surface area contributed by atoms with Gasteiger partial charge in [0, 0.05) is 6.04 Å². The second kappa shape index (κ2) is 9.57. The summed E-state index contributed by atoms with van der Waals surface area (Å²) in [5, 5.41) is 5.76. The molecule has 30 heavy (non-hydrogen) atoms. The molecule has 0 bridgehead atoms. The van der Waals surface area contributed by atoms with E-state index >= 15 is 0 Å². The minimum atomic E-state index is -1.34. The van der Waals surface area contributed by atoms with E-state index < -0.39 is 17.5 Å². The van der Waals surface area contributed by atoms with E-state index in [0.717, 1.165) is 30.6 Å². The molecule has 3 rings (SSSR count). The molecule has 0 aliphatic carbocycles. The Kier molecular flexibility index (Phi) is 6.87. The van der Waals surface area contributed by atoms with Gasteiger partial charge in [-0.1, -0.05) is 86.8 Å². The fourth-order valence-corrected chi connectivity index (χ4v) is 3.89. The molecule has 0 saturated carbocycles. The summed E-state index contributed by atoms with van der Waals surface area (Å²) in [6.45, 7) is 3.77. The Labute approximate surface area is 177 Å². The highest BCUT2D eigenvalue weighted by molar-refractivity contribution is 6.11. The number of carbonyl (C=O) groups is 3. The third-order valence-electron chi connectivity index (χ3n) is 5.47. The number of hydrogen-bond acceptors (Lipinski definition) is 3. The fraction of sp³-hybridized carbons (Fsp3) is 0.375. The summed E-state index contributed by atoms with van der Waals surface area (Å²) in [4.78, 5) is 39.9. The molecule has 0 spiro atoms. The predicted molar refractivity (Wildman–Crippen MR) is 116 cm³/mol. The molecule has 1 fully saturated rings. The Bertz CT molecular complexity index is 844. The highest BCUT2D eigenvalue weighted by atomic mass is 16.2. The highest BCUT2D eigenvalue weighted by Gasteiger charge is 2.54. The molecule has 1 atom stereocenters. The van der Waals surface area contributed by atoms with Crippen LogP contribution in [0.25, 0.3) is 0 Å². The minimum absolute atomic E-state index is 0.00202. The first kappa shape index (κ1) is 21.6. The van der Waals surface area contributed by atoms with E-state index in [1.54, 1.807) is 0 Å². The van der Waals surface area contributed by atoms with Crippen LogP contribution in [0, 0.1) is 0 Å². The van der Waals surface area contributed by atoms with Crippen LogP contribution in [0.15, 0.2) is 60.7 Å². The van der Waals surface area contributed by atoms with E-state index in [1.165, 1.54) is 0 Å². The maximum atomic E-state index is 13.5. The van der Waals surface area contributed by atoms with Crippen LogP contribution < -0.4 is 10.6 Å². The van der Waals surface area contributed by atoms with E-state index in [-0.39, 0.29) is 18.5 Å². The van der Waals surface area contributed by atoms with Crippen molar-refractivity contribution in [2.45, 2.75) is 51.1 Å². The summed E-state index contributed by atoms with van der Waals surface area (Å²) < 4.78 is 0. The molecule has 4 amide bonds. The average molecular weight is 408 g/mol. The van der Waals surface area contributed by atoms with Crippen molar-refractivity contribution in [2.24, 2.45) is 0 Å². The molecular formula is C24H29N3O3. The molecule has 6 heteroatoms. The van der Waals surface area contributed by atoms with E-state index in [4.69, 9.17) is 0 Å². The Balaban J connectivity index is 1.81. The molecule has 1 aliphatic heterocycles. The minimum Gasteiger partial charge on any atom is -0.352 e. The van der Waals surface area contributed by atoms with Crippen molar-refractivity contribution >= 4 is 17.8 Å². The zero-order chi connectivity index (χ0) is 21.6. The van der Waals surface area contributed by atoms with E-state index in [1.807, 2.05) is 67.6 Å². The lowest BCUT2D eigenvalue weighted by Gasteiger charge is -2.28. The highest BCUT2D eigenvalue weighted by Crippen LogP contribution is 2.35. The smallest absolute Gasteiger partial charge is 0.326 e.